The van der Waals surface area contributed by atoms with Gasteiger partial charge < -0.3 is 5.11 Å². The average molecular weight is 315 g/mol. The van der Waals surface area contributed by atoms with Gasteiger partial charge in [-0.3, -0.25) is 4.68 Å². The van der Waals surface area contributed by atoms with Crippen molar-refractivity contribution in [2.75, 3.05) is 0 Å². The molecular formula is C15H17ClF2N2O. The zero-order valence-electron chi connectivity index (χ0n) is 11.9. The molecule has 1 heterocycles. The quantitative estimate of drug-likeness (QED) is 0.914. The first kappa shape index (κ1) is 15.9. The summed E-state index contributed by atoms with van der Waals surface area (Å²) in [5.41, 5.74) is 0.969. The van der Waals surface area contributed by atoms with Gasteiger partial charge in [-0.1, -0.05) is 24.6 Å². The fourth-order valence-electron chi connectivity index (χ4n) is 2.33. The summed E-state index contributed by atoms with van der Waals surface area (Å²) < 4.78 is 29.1. The number of aliphatic hydroxyl groups excluding tert-OH is 1. The maximum atomic E-state index is 13.7. The van der Waals surface area contributed by atoms with Crippen LogP contribution in [0.15, 0.2) is 18.2 Å². The van der Waals surface area contributed by atoms with E-state index in [1.165, 1.54) is 6.07 Å². The highest BCUT2D eigenvalue weighted by Gasteiger charge is 2.22. The first-order valence-corrected chi connectivity index (χ1v) is 7.23. The van der Waals surface area contributed by atoms with E-state index < -0.39 is 17.7 Å². The van der Waals surface area contributed by atoms with Gasteiger partial charge in [-0.15, -0.1) is 0 Å². The SMILES string of the molecule is CCc1nn(CC)c(CC(O)c2c(F)cccc2F)c1Cl. The molecule has 0 fully saturated rings. The summed E-state index contributed by atoms with van der Waals surface area (Å²) in [4.78, 5) is 0. The van der Waals surface area contributed by atoms with E-state index in [1.807, 2.05) is 13.8 Å². The van der Waals surface area contributed by atoms with E-state index in [1.54, 1.807) is 4.68 Å². The topological polar surface area (TPSA) is 38.0 Å². The van der Waals surface area contributed by atoms with E-state index in [4.69, 9.17) is 11.6 Å². The van der Waals surface area contributed by atoms with Crippen molar-refractivity contribution in [2.24, 2.45) is 0 Å². The largest absolute Gasteiger partial charge is 0.388 e. The lowest BCUT2D eigenvalue weighted by Crippen LogP contribution is -2.11. The highest BCUT2D eigenvalue weighted by atomic mass is 35.5. The minimum absolute atomic E-state index is 0.0114. The smallest absolute Gasteiger partial charge is 0.131 e. The molecule has 3 nitrogen and oxygen atoms in total. The molecule has 1 aromatic heterocycles. The van der Waals surface area contributed by atoms with Gasteiger partial charge in [0, 0.05) is 13.0 Å². The summed E-state index contributed by atoms with van der Waals surface area (Å²) in [6.07, 6.45) is -0.643. The molecule has 0 spiro atoms. The van der Waals surface area contributed by atoms with Gasteiger partial charge in [-0.2, -0.15) is 5.10 Å². The maximum Gasteiger partial charge on any atom is 0.131 e. The second-order valence-corrected chi connectivity index (χ2v) is 5.11. The molecule has 0 aliphatic carbocycles. The Morgan fingerprint density at radius 3 is 2.43 bits per heavy atom. The molecule has 1 N–H and O–H groups in total. The highest BCUT2D eigenvalue weighted by Crippen LogP contribution is 2.29. The predicted octanol–water partition coefficient (Wildman–Crippen LogP) is 3.67. The van der Waals surface area contributed by atoms with Gasteiger partial charge in [-0.05, 0) is 25.5 Å². The van der Waals surface area contributed by atoms with Crippen LogP contribution in [0.5, 0.6) is 0 Å². The highest BCUT2D eigenvalue weighted by molar-refractivity contribution is 6.31. The summed E-state index contributed by atoms with van der Waals surface area (Å²) in [5.74, 6) is -1.53. The van der Waals surface area contributed by atoms with Gasteiger partial charge in [0.2, 0.25) is 0 Å². The Morgan fingerprint density at radius 1 is 1.29 bits per heavy atom. The molecule has 6 heteroatoms. The first-order valence-electron chi connectivity index (χ1n) is 6.85. The fraction of sp³-hybridized carbons (Fsp3) is 0.400. The molecule has 2 rings (SSSR count). The van der Waals surface area contributed by atoms with Crippen molar-refractivity contribution >= 4 is 11.6 Å². The van der Waals surface area contributed by atoms with Crippen LogP contribution >= 0.6 is 11.6 Å². The minimum atomic E-state index is -1.31. The van der Waals surface area contributed by atoms with Crippen molar-refractivity contribution in [3.63, 3.8) is 0 Å². The van der Waals surface area contributed by atoms with E-state index >= 15 is 0 Å². The van der Waals surface area contributed by atoms with Crippen LogP contribution in [0.2, 0.25) is 5.02 Å². The molecule has 1 aromatic carbocycles. The maximum absolute atomic E-state index is 13.7. The number of nitrogens with zero attached hydrogens (tertiary/aromatic N) is 2. The number of benzene rings is 1. The second kappa shape index (κ2) is 6.54. The predicted molar refractivity (Wildman–Crippen MR) is 77.3 cm³/mol. The lowest BCUT2D eigenvalue weighted by Gasteiger charge is -2.14. The Morgan fingerprint density at radius 2 is 1.90 bits per heavy atom. The number of aliphatic hydroxyl groups is 1. The Labute approximate surface area is 127 Å². The third kappa shape index (κ3) is 3.09. The van der Waals surface area contributed by atoms with Gasteiger partial charge in [0.25, 0.3) is 0 Å². The van der Waals surface area contributed by atoms with Crippen LogP contribution in [0.4, 0.5) is 8.78 Å². The number of aryl methyl sites for hydroxylation is 2. The average Bonchev–Trinajstić information content (AvgIpc) is 2.75. The summed E-state index contributed by atoms with van der Waals surface area (Å²) in [5, 5.41) is 15.0. The van der Waals surface area contributed by atoms with Crippen LogP contribution in [0, 0.1) is 11.6 Å². The second-order valence-electron chi connectivity index (χ2n) is 4.73. The van der Waals surface area contributed by atoms with Crippen molar-refractivity contribution in [2.45, 2.75) is 39.3 Å². The van der Waals surface area contributed by atoms with Crippen LogP contribution in [0.3, 0.4) is 0 Å². The van der Waals surface area contributed by atoms with Crippen LogP contribution in [0.25, 0.3) is 0 Å². The molecule has 1 atom stereocenters. The lowest BCUT2D eigenvalue weighted by molar-refractivity contribution is 0.165. The molecule has 114 valence electrons. The van der Waals surface area contributed by atoms with Crippen molar-refractivity contribution in [3.8, 4) is 0 Å². The monoisotopic (exact) mass is 314 g/mol. The molecule has 0 amide bonds. The van der Waals surface area contributed by atoms with Crippen LogP contribution in [-0.2, 0) is 19.4 Å². The molecule has 21 heavy (non-hydrogen) atoms. The summed E-state index contributed by atoms with van der Waals surface area (Å²) in [6.45, 7) is 4.38. The number of aromatic nitrogens is 2. The van der Waals surface area contributed by atoms with E-state index in [2.05, 4.69) is 5.10 Å². The Kier molecular flexibility index (Phi) is 4.96. The zero-order chi connectivity index (χ0) is 15.6. The third-order valence-electron chi connectivity index (χ3n) is 3.41. The standard InChI is InChI=1S/C15H17ClF2N2O/c1-3-11-15(16)12(20(4-2)19-11)8-13(21)14-9(17)6-5-7-10(14)18/h5-7,13,21H,3-4,8H2,1-2H3. The molecule has 1 unspecified atom stereocenters. The first-order chi connectivity index (χ1) is 9.99. The van der Waals surface area contributed by atoms with Crippen molar-refractivity contribution < 1.29 is 13.9 Å². The van der Waals surface area contributed by atoms with Crippen LogP contribution in [0.1, 0.15) is 36.9 Å². The normalized spacial score (nSPS) is 12.7. The summed E-state index contributed by atoms with van der Waals surface area (Å²) in [7, 11) is 0. The molecule has 0 aliphatic heterocycles. The van der Waals surface area contributed by atoms with Crippen molar-refractivity contribution in [3.05, 3.63) is 51.8 Å². The summed E-state index contributed by atoms with van der Waals surface area (Å²) in [6, 6.07) is 3.51. The molecule has 2 aromatic rings. The fourth-order valence-corrected chi connectivity index (χ4v) is 2.67. The lowest BCUT2D eigenvalue weighted by atomic mass is 10.0. The van der Waals surface area contributed by atoms with Crippen molar-refractivity contribution in [1.82, 2.24) is 9.78 Å². The van der Waals surface area contributed by atoms with Crippen LogP contribution < -0.4 is 0 Å². The van der Waals surface area contributed by atoms with Gasteiger partial charge in [0.05, 0.1) is 28.1 Å². The molecule has 0 aliphatic rings. The van der Waals surface area contributed by atoms with Gasteiger partial charge >= 0.3 is 0 Å². The summed E-state index contributed by atoms with van der Waals surface area (Å²) >= 11 is 6.24. The number of rotatable bonds is 5. The Hall–Kier alpha value is -1.46. The van der Waals surface area contributed by atoms with E-state index in [9.17, 15) is 13.9 Å². The molecule has 0 saturated carbocycles. The number of hydrogen-bond donors (Lipinski definition) is 1. The van der Waals surface area contributed by atoms with Crippen LogP contribution in [-0.4, -0.2) is 14.9 Å². The third-order valence-corrected chi connectivity index (χ3v) is 3.85. The van der Waals surface area contributed by atoms with E-state index in [-0.39, 0.29) is 12.0 Å². The number of hydrogen-bond acceptors (Lipinski definition) is 2. The molecular weight excluding hydrogens is 298 g/mol. The van der Waals surface area contributed by atoms with Gasteiger partial charge in [0.15, 0.2) is 0 Å². The van der Waals surface area contributed by atoms with E-state index in [0.29, 0.717) is 23.7 Å². The number of halogens is 3. The zero-order valence-corrected chi connectivity index (χ0v) is 12.7. The Balaban J connectivity index is 2.36. The van der Waals surface area contributed by atoms with Gasteiger partial charge in [0.1, 0.15) is 11.6 Å². The van der Waals surface area contributed by atoms with Crippen molar-refractivity contribution in [1.29, 1.82) is 0 Å². The minimum Gasteiger partial charge on any atom is -0.388 e. The van der Waals surface area contributed by atoms with E-state index in [0.717, 1.165) is 17.8 Å². The molecule has 0 radical (unpaired) electrons. The Bertz CT molecular complexity index is 623. The molecule has 0 bridgehead atoms. The van der Waals surface area contributed by atoms with Gasteiger partial charge in [-0.25, -0.2) is 8.78 Å². The molecule has 0 saturated heterocycles.